The lowest BCUT2D eigenvalue weighted by Crippen LogP contribution is -1.90. The molecular formula is C20H17FN4O2S3. The molecule has 30 heavy (non-hydrogen) atoms. The largest absolute Gasteiger partial charge is 0.493 e. The van der Waals surface area contributed by atoms with Gasteiger partial charge in [-0.1, -0.05) is 29.2 Å². The average molecular weight is 461 g/mol. The van der Waals surface area contributed by atoms with Gasteiger partial charge in [-0.15, -0.1) is 21.5 Å². The van der Waals surface area contributed by atoms with Gasteiger partial charge in [0.05, 0.1) is 19.9 Å². The minimum atomic E-state index is -0.298. The number of nitrogens with zero attached hydrogens (tertiary/aromatic N) is 3. The number of methoxy groups -OCH3 is 2. The molecule has 0 amide bonds. The van der Waals surface area contributed by atoms with Crippen molar-refractivity contribution in [1.29, 1.82) is 0 Å². The number of nitrogens with one attached hydrogen (secondary N) is 1. The van der Waals surface area contributed by atoms with Gasteiger partial charge in [-0.3, -0.25) is 0 Å². The van der Waals surface area contributed by atoms with E-state index in [1.165, 1.54) is 23.5 Å². The maximum Gasteiger partial charge on any atom is 0.210 e. The number of ether oxygens (including phenoxy) is 2. The number of anilines is 2. The van der Waals surface area contributed by atoms with Gasteiger partial charge in [0.2, 0.25) is 5.13 Å². The molecule has 154 valence electrons. The second kappa shape index (κ2) is 9.41. The Balaban J connectivity index is 1.39. The molecule has 0 bridgehead atoms. The zero-order chi connectivity index (χ0) is 20.9. The summed E-state index contributed by atoms with van der Waals surface area (Å²) in [5, 5.41) is 14.9. The molecule has 2 heterocycles. The van der Waals surface area contributed by atoms with E-state index in [0.717, 1.165) is 20.6 Å². The van der Waals surface area contributed by atoms with Crippen molar-refractivity contribution in [2.24, 2.45) is 0 Å². The fourth-order valence-electron chi connectivity index (χ4n) is 2.62. The van der Waals surface area contributed by atoms with E-state index in [4.69, 9.17) is 14.5 Å². The molecule has 6 nitrogen and oxygen atoms in total. The van der Waals surface area contributed by atoms with Crippen LogP contribution in [0.3, 0.4) is 0 Å². The molecule has 0 aliphatic carbocycles. The summed E-state index contributed by atoms with van der Waals surface area (Å²) in [4.78, 5) is 4.71. The monoisotopic (exact) mass is 460 g/mol. The molecule has 0 aliphatic rings. The highest BCUT2D eigenvalue weighted by molar-refractivity contribution is 8.00. The lowest BCUT2D eigenvalue weighted by Gasteiger charge is -2.08. The van der Waals surface area contributed by atoms with E-state index >= 15 is 0 Å². The molecular weight excluding hydrogens is 443 g/mol. The van der Waals surface area contributed by atoms with E-state index in [1.807, 2.05) is 23.6 Å². The predicted molar refractivity (Wildman–Crippen MR) is 120 cm³/mol. The van der Waals surface area contributed by atoms with Crippen LogP contribution in [0.5, 0.6) is 11.5 Å². The molecule has 4 rings (SSSR count). The van der Waals surface area contributed by atoms with Crippen LogP contribution in [0.4, 0.5) is 15.2 Å². The molecule has 0 fully saturated rings. The number of halogens is 1. The van der Waals surface area contributed by atoms with Crippen LogP contribution in [0.2, 0.25) is 0 Å². The molecule has 1 N–H and O–H groups in total. The Morgan fingerprint density at radius 2 is 1.93 bits per heavy atom. The third-order valence-corrected chi connectivity index (χ3v) is 6.95. The van der Waals surface area contributed by atoms with Crippen molar-refractivity contribution in [3.05, 3.63) is 59.4 Å². The molecule has 0 aliphatic heterocycles. The van der Waals surface area contributed by atoms with Crippen LogP contribution >= 0.6 is 34.4 Å². The molecule has 0 saturated heterocycles. The first-order valence-corrected chi connectivity index (χ1v) is 11.5. The molecule has 4 aromatic rings. The van der Waals surface area contributed by atoms with Crippen molar-refractivity contribution in [2.75, 3.05) is 19.5 Å². The minimum absolute atomic E-state index is 0.298. The minimum Gasteiger partial charge on any atom is -0.493 e. The van der Waals surface area contributed by atoms with Crippen molar-refractivity contribution in [3.63, 3.8) is 0 Å². The third kappa shape index (κ3) is 4.89. The number of benzene rings is 2. The Kier molecular flexibility index (Phi) is 6.46. The first-order valence-electron chi connectivity index (χ1n) is 8.80. The van der Waals surface area contributed by atoms with Crippen molar-refractivity contribution in [2.45, 2.75) is 10.1 Å². The van der Waals surface area contributed by atoms with E-state index in [-0.39, 0.29) is 5.82 Å². The first kappa shape index (κ1) is 20.6. The standard InChI is InChI=1S/C20H17FN4O2S3/c1-26-16-7-6-12(8-17(16)27-2)18-22-15(10-28-18)11-29-20-25-24-19(30-20)23-14-5-3-4-13(21)9-14/h3-10H,11H2,1-2H3,(H,23,24). The van der Waals surface area contributed by atoms with Gasteiger partial charge in [-0.2, -0.15) is 0 Å². The summed E-state index contributed by atoms with van der Waals surface area (Å²) in [5.74, 6) is 1.74. The Morgan fingerprint density at radius 1 is 1.07 bits per heavy atom. The number of rotatable bonds is 8. The maximum atomic E-state index is 13.3. The Hall–Kier alpha value is -2.69. The molecule has 10 heteroatoms. The summed E-state index contributed by atoms with van der Waals surface area (Å²) in [7, 11) is 3.23. The number of hydrogen-bond donors (Lipinski definition) is 1. The fourth-order valence-corrected chi connectivity index (χ4v) is 5.21. The van der Waals surface area contributed by atoms with Crippen molar-refractivity contribution >= 4 is 45.3 Å². The van der Waals surface area contributed by atoms with Gasteiger partial charge >= 0.3 is 0 Å². The van der Waals surface area contributed by atoms with E-state index in [0.29, 0.717) is 28.1 Å². The van der Waals surface area contributed by atoms with E-state index in [9.17, 15) is 4.39 Å². The van der Waals surface area contributed by atoms with E-state index < -0.39 is 0 Å². The Morgan fingerprint density at radius 3 is 2.73 bits per heavy atom. The molecule has 0 atom stereocenters. The van der Waals surface area contributed by atoms with Gasteiger partial charge in [0, 0.05) is 22.4 Å². The molecule has 2 aromatic heterocycles. The summed E-state index contributed by atoms with van der Waals surface area (Å²) in [6.07, 6.45) is 0. The van der Waals surface area contributed by atoms with E-state index in [2.05, 4.69) is 15.5 Å². The SMILES string of the molecule is COc1ccc(-c2nc(CSc3nnc(Nc4cccc(F)c4)s3)cs2)cc1OC. The third-order valence-electron chi connectivity index (χ3n) is 4.01. The van der Waals surface area contributed by atoms with Gasteiger partial charge in [0.15, 0.2) is 15.8 Å². The Bertz CT molecular complexity index is 1150. The summed E-state index contributed by atoms with van der Waals surface area (Å²) in [5.41, 5.74) is 2.58. The maximum absolute atomic E-state index is 13.3. The van der Waals surface area contributed by atoms with Crippen LogP contribution in [-0.2, 0) is 5.75 Å². The van der Waals surface area contributed by atoms with Crippen LogP contribution in [0, 0.1) is 5.82 Å². The first-order chi connectivity index (χ1) is 14.6. The molecule has 0 spiro atoms. The van der Waals surface area contributed by atoms with Crippen LogP contribution in [0.25, 0.3) is 10.6 Å². The second-order valence-corrected chi connectivity index (χ2v) is 9.07. The predicted octanol–water partition coefficient (Wildman–Crippen LogP) is 5.85. The molecule has 0 radical (unpaired) electrons. The second-order valence-electron chi connectivity index (χ2n) is 6.01. The Labute approximate surface area is 185 Å². The van der Waals surface area contributed by atoms with Crippen LogP contribution in [0.1, 0.15) is 5.69 Å². The van der Waals surface area contributed by atoms with Crippen LogP contribution in [0.15, 0.2) is 52.2 Å². The number of hydrogen-bond acceptors (Lipinski definition) is 9. The lowest BCUT2D eigenvalue weighted by molar-refractivity contribution is 0.355. The van der Waals surface area contributed by atoms with Gasteiger partial charge in [-0.25, -0.2) is 9.37 Å². The number of thiazole rings is 1. The summed E-state index contributed by atoms with van der Waals surface area (Å²) in [6, 6.07) is 12.0. The number of thioether (sulfide) groups is 1. The lowest BCUT2D eigenvalue weighted by atomic mass is 10.2. The molecule has 0 unspecified atom stereocenters. The van der Waals surface area contributed by atoms with Gasteiger partial charge in [-0.05, 0) is 36.4 Å². The number of aromatic nitrogens is 3. The average Bonchev–Trinajstić information content (AvgIpc) is 3.41. The zero-order valence-electron chi connectivity index (χ0n) is 16.1. The quantitative estimate of drug-likeness (QED) is 0.331. The van der Waals surface area contributed by atoms with Crippen molar-refractivity contribution < 1.29 is 13.9 Å². The van der Waals surface area contributed by atoms with Crippen molar-refractivity contribution in [3.8, 4) is 22.1 Å². The topological polar surface area (TPSA) is 69.2 Å². The van der Waals surface area contributed by atoms with E-state index in [1.54, 1.807) is 49.5 Å². The van der Waals surface area contributed by atoms with Crippen LogP contribution < -0.4 is 14.8 Å². The fraction of sp³-hybridized carbons (Fsp3) is 0.150. The smallest absolute Gasteiger partial charge is 0.210 e. The zero-order valence-corrected chi connectivity index (χ0v) is 18.5. The molecule has 2 aromatic carbocycles. The summed E-state index contributed by atoms with van der Waals surface area (Å²) < 4.78 is 24.8. The highest BCUT2D eigenvalue weighted by Crippen LogP contribution is 2.35. The highest BCUT2D eigenvalue weighted by Gasteiger charge is 2.11. The van der Waals surface area contributed by atoms with Gasteiger partial charge in [0.25, 0.3) is 0 Å². The van der Waals surface area contributed by atoms with Gasteiger partial charge in [0.1, 0.15) is 10.8 Å². The highest BCUT2D eigenvalue weighted by atomic mass is 32.2. The van der Waals surface area contributed by atoms with Gasteiger partial charge < -0.3 is 14.8 Å². The van der Waals surface area contributed by atoms with Crippen molar-refractivity contribution in [1.82, 2.24) is 15.2 Å². The molecule has 0 saturated carbocycles. The van der Waals surface area contributed by atoms with Crippen LogP contribution in [-0.4, -0.2) is 29.4 Å². The normalized spacial score (nSPS) is 10.8. The summed E-state index contributed by atoms with van der Waals surface area (Å²) >= 11 is 4.56. The summed E-state index contributed by atoms with van der Waals surface area (Å²) in [6.45, 7) is 0.